The summed E-state index contributed by atoms with van der Waals surface area (Å²) in [5.74, 6) is 0. The average Bonchev–Trinajstić information content (AvgIpc) is 2.27. The van der Waals surface area contributed by atoms with E-state index < -0.39 is 19.8 Å². The molecule has 1 radical (unpaired) electrons. The molecule has 0 spiro atoms. The molecule has 0 amide bonds. The van der Waals surface area contributed by atoms with Crippen molar-refractivity contribution < 1.29 is 0 Å². The van der Waals surface area contributed by atoms with E-state index in [0.29, 0.717) is 0 Å². The molecule has 87 valence electrons. The van der Waals surface area contributed by atoms with Gasteiger partial charge in [0.05, 0.1) is 0 Å². The standard InChI is InChI=1S/C6H9.2C4H9.Sn/c1-3-5-6-4-2;2*1-3-4-2;/h1,3,5-6H,4H2,2H3;2*1,3-4H2,2H3;. The number of allylic oxidation sites excluding steroid dienone is 3. The van der Waals surface area contributed by atoms with Crippen LogP contribution in [-0.2, 0) is 0 Å². The van der Waals surface area contributed by atoms with Gasteiger partial charge < -0.3 is 0 Å². The molecule has 0 fully saturated rings. The maximum atomic E-state index is 2.60. The monoisotopic (exact) mass is 315 g/mol. The minimum atomic E-state index is -1.11. The SMILES string of the molecule is CCC=CC=[CH][Sn]([CH2]CCC)[CH2]CCC. The van der Waals surface area contributed by atoms with Gasteiger partial charge in [0.1, 0.15) is 0 Å². The van der Waals surface area contributed by atoms with Crippen LogP contribution in [0.15, 0.2) is 22.3 Å². The predicted molar refractivity (Wildman–Crippen MR) is 73.8 cm³/mol. The minimum absolute atomic E-state index is 1.11. The van der Waals surface area contributed by atoms with Gasteiger partial charge in [0.15, 0.2) is 0 Å². The van der Waals surface area contributed by atoms with Crippen molar-refractivity contribution in [1.82, 2.24) is 0 Å². The van der Waals surface area contributed by atoms with Crippen molar-refractivity contribution in [1.29, 1.82) is 0 Å². The molecular weight excluding hydrogens is 287 g/mol. The summed E-state index contributed by atoms with van der Waals surface area (Å²) in [5.41, 5.74) is 0. The van der Waals surface area contributed by atoms with Crippen LogP contribution in [-0.4, -0.2) is 19.8 Å². The van der Waals surface area contributed by atoms with E-state index in [2.05, 4.69) is 43.1 Å². The molecular formula is C14H27Sn. The summed E-state index contributed by atoms with van der Waals surface area (Å²) in [4.78, 5) is 0. The van der Waals surface area contributed by atoms with Crippen LogP contribution in [0.3, 0.4) is 0 Å². The first-order valence-corrected chi connectivity index (χ1v) is 12.2. The van der Waals surface area contributed by atoms with Crippen molar-refractivity contribution in [2.45, 2.75) is 61.7 Å². The third-order valence-electron chi connectivity index (χ3n) is 2.52. The zero-order valence-electron chi connectivity index (χ0n) is 10.8. The molecule has 1 heteroatoms. The van der Waals surface area contributed by atoms with Crippen molar-refractivity contribution in [3.63, 3.8) is 0 Å². The molecule has 0 heterocycles. The van der Waals surface area contributed by atoms with E-state index >= 15 is 0 Å². The first-order valence-electron chi connectivity index (χ1n) is 6.53. The third-order valence-corrected chi connectivity index (χ3v) is 10.1. The summed E-state index contributed by atoms with van der Waals surface area (Å²) >= 11 is -1.11. The van der Waals surface area contributed by atoms with Crippen molar-refractivity contribution in [3.05, 3.63) is 22.3 Å². The molecule has 0 saturated carbocycles. The molecule has 0 atom stereocenters. The second-order valence-corrected chi connectivity index (χ2v) is 11.6. The van der Waals surface area contributed by atoms with E-state index in [0.717, 1.165) is 6.42 Å². The molecule has 0 aromatic rings. The Morgan fingerprint density at radius 3 is 1.93 bits per heavy atom. The average molecular weight is 314 g/mol. The Hall–Kier alpha value is 0.279. The van der Waals surface area contributed by atoms with Crippen molar-refractivity contribution >= 4 is 19.8 Å². The number of unbranched alkanes of at least 4 members (excludes halogenated alkanes) is 2. The van der Waals surface area contributed by atoms with Gasteiger partial charge in [0, 0.05) is 0 Å². The van der Waals surface area contributed by atoms with Crippen molar-refractivity contribution in [2.24, 2.45) is 0 Å². The second-order valence-electron chi connectivity index (χ2n) is 4.06. The molecule has 0 unspecified atom stereocenters. The van der Waals surface area contributed by atoms with Crippen LogP contribution in [0, 0.1) is 0 Å². The van der Waals surface area contributed by atoms with E-state index in [4.69, 9.17) is 0 Å². The van der Waals surface area contributed by atoms with Crippen LogP contribution in [0.4, 0.5) is 0 Å². The van der Waals surface area contributed by atoms with Gasteiger partial charge in [-0.15, -0.1) is 0 Å². The van der Waals surface area contributed by atoms with Gasteiger partial charge in [-0.1, -0.05) is 0 Å². The molecule has 0 aromatic carbocycles. The van der Waals surface area contributed by atoms with E-state index in [1.807, 2.05) is 0 Å². The molecule has 0 saturated heterocycles. The third kappa shape index (κ3) is 10.6. The Balaban J connectivity index is 3.87. The quantitative estimate of drug-likeness (QED) is 0.408. The van der Waals surface area contributed by atoms with Gasteiger partial charge >= 0.3 is 104 Å². The van der Waals surface area contributed by atoms with Crippen molar-refractivity contribution in [3.8, 4) is 0 Å². The molecule has 0 bridgehead atoms. The fourth-order valence-corrected chi connectivity index (χ4v) is 8.87. The van der Waals surface area contributed by atoms with E-state index in [9.17, 15) is 0 Å². The summed E-state index contributed by atoms with van der Waals surface area (Å²) < 4.78 is 5.73. The number of rotatable bonds is 9. The van der Waals surface area contributed by atoms with Crippen LogP contribution in [0.1, 0.15) is 52.9 Å². The summed E-state index contributed by atoms with van der Waals surface area (Å²) in [6.45, 7) is 6.81. The molecule has 0 nitrogen and oxygen atoms in total. The summed E-state index contributed by atoms with van der Waals surface area (Å²) in [6, 6.07) is 0. The Morgan fingerprint density at radius 2 is 1.47 bits per heavy atom. The Bertz CT molecular complexity index is 162. The van der Waals surface area contributed by atoms with Gasteiger partial charge in [0.2, 0.25) is 0 Å². The Labute approximate surface area is 104 Å². The molecule has 15 heavy (non-hydrogen) atoms. The van der Waals surface area contributed by atoms with Crippen LogP contribution in [0.2, 0.25) is 8.87 Å². The Morgan fingerprint density at radius 1 is 0.867 bits per heavy atom. The number of hydrogen-bond acceptors (Lipinski definition) is 0. The van der Waals surface area contributed by atoms with Gasteiger partial charge in [-0.05, 0) is 0 Å². The first kappa shape index (κ1) is 15.3. The van der Waals surface area contributed by atoms with Gasteiger partial charge in [-0.25, -0.2) is 0 Å². The van der Waals surface area contributed by atoms with Crippen LogP contribution in [0.5, 0.6) is 0 Å². The Kier molecular flexibility index (Phi) is 12.6. The zero-order valence-corrected chi connectivity index (χ0v) is 13.6. The molecule has 0 aliphatic carbocycles. The second kappa shape index (κ2) is 12.3. The fourth-order valence-electron chi connectivity index (χ4n) is 1.51. The number of hydrogen-bond donors (Lipinski definition) is 0. The molecule has 0 rings (SSSR count). The van der Waals surface area contributed by atoms with Crippen LogP contribution < -0.4 is 0 Å². The molecule has 0 aliphatic heterocycles. The van der Waals surface area contributed by atoms with Crippen molar-refractivity contribution in [2.75, 3.05) is 0 Å². The topological polar surface area (TPSA) is 0 Å². The van der Waals surface area contributed by atoms with Crippen LogP contribution in [0.25, 0.3) is 0 Å². The summed E-state index contributed by atoms with van der Waals surface area (Å²) in [5, 5.41) is 0. The predicted octanol–water partition coefficient (Wildman–Crippen LogP) is 5.14. The fraction of sp³-hybridized carbons (Fsp3) is 0.714. The van der Waals surface area contributed by atoms with Crippen LogP contribution >= 0.6 is 0 Å². The first-order chi connectivity index (χ1) is 7.35. The molecule has 0 aliphatic rings. The normalized spacial score (nSPS) is 12.3. The van der Waals surface area contributed by atoms with Gasteiger partial charge in [-0.2, -0.15) is 0 Å². The van der Waals surface area contributed by atoms with E-state index in [-0.39, 0.29) is 0 Å². The van der Waals surface area contributed by atoms with E-state index in [1.54, 1.807) is 8.87 Å². The van der Waals surface area contributed by atoms with Gasteiger partial charge in [0.25, 0.3) is 0 Å². The maximum absolute atomic E-state index is 2.60. The summed E-state index contributed by atoms with van der Waals surface area (Å²) in [7, 11) is 0. The summed E-state index contributed by atoms with van der Waals surface area (Å²) in [6.07, 6.45) is 13.6. The molecule has 0 N–H and O–H groups in total. The zero-order chi connectivity index (χ0) is 11.4. The molecule has 0 aromatic heterocycles. The van der Waals surface area contributed by atoms with E-state index in [1.165, 1.54) is 25.7 Å². The van der Waals surface area contributed by atoms with Gasteiger partial charge in [-0.3, -0.25) is 0 Å².